The van der Waals surface area contributed by atoms with E-state index in [1.807, 2.05) is 0 Å². The molecule has 1 aromatic heterocycles. The first-order valence-corrected chi connectivity index (χ1v) is 8.47. The number of hydrogen-bond donors (Lipinski definition) is 2. The number of hydrogen-bond acceptors (Lipinski definition) is 5. The van der Waals surface area contributed by atoms with Gasteiger partial charge in [-0.2, -0.15) is 0 Å². The van der Waals surface area contributed by atoms with Crippen molar-refractivity contribution in [1.82, 2.24) is 4.90 Å². The molecule has 0 aliphatic carbocycles. The van der Waals surface area contributed by atoms with E-state index in [9.17, 15) is 14.0 Å². The molecule has 136 valence electrons. The Morgan fingerprint density at radius 2 is 2.15 bits per heavy atom. The number of furan rings is 1. The second-order valence-corrected chi connectivity index (χ2v) is 6.91. The first-order chi connectivity index (χ1) is 12.2. The number of nitrogens with two attached hydrogens (primary N) is 1. The Bertz CT molecular complexity index is 926. The molecule has 9 heteroatoms. The summed E-state index contributed by atoms with van der Waals surface area (Å²) in [6.07, 6.45) is -0.0380. The first-order valence-electron chi connectivity index (χ1n) is 7.68. The molecule has 0 bridgehead atoms. The Labute approximate surface area is 157 Å². The number of nitrogens with zero attached hydrogens (tertiary/aromatic N) is 2. The van der Waals surface area contributed by atoms with Crippen LogP contribution in [0.1, 0.15) is 29.5 Å². The van der Waals surface area contributed by atoms with Gasteiger partial charge in [-0.3, -0.25) is 14.5 Å². The molecule has 1 aliphatic rings. The first kappa shape index (κ1) is 18.1. The van der Waals surface area contributed by atoms with Crippen LogP contribution in [0.4, 0.5) is 10.1 Å². The van der Waals surface area contributed by atoms with Crippen LogP contribution in [0.2, 0.25) is 0 Å². The second kappa shape index (κ2) is 6.56. The molecule has 3 N–H and O–H groups in total. The van der Waals surface area contributed by atoms with Gasteiger partial charge in [-0.05, 0) is 53.2 Å². The molecule has 0 saturated carbocycles. The van der Waals surface area contributed by atoms with Gasteiger partial charge in [0.2, 0.25) is 5.91 Å². The molecule has 3 rings (SSSR count). The number of rotatable bonds is 3. The third-order valence-electron chi connectivity index (χ3n) is 4.18. The largest absolute Gasteiger partial charge is 0.444 e. The van der Waals surface area contributed by atoms with Gasteiger partial charge in [0.05, 0.1) is 12.0 Å². The van der Waals surface area contributed by atoms with E-state index in [-0.39, 0.29) is 29.6 Å². The van der Waals surface area contributed by atoms with E-state index in [0.717, 1.165) is 0 Å². The lowest BCUT2D eigenvalue weighted by Gasteiger charge is -2.34. The van der Waals surface area contributed by atoms with Crippen molar-refractivity contribution in [3.8, 4) is 0 Å². The summed E-state index contributed by atoms with van der Waals surface area (Å²) in [7, 11) is 1.51. The van der Waals surface area contributed by atoms with E-state index in [4.69, 9.17) is 10.2 Å². The zero-order chi connectivity index (χ0) is 19.1. The normalized spacial score (nSPS) is 20.1. The highest BCUT2D eigenvalue weighted by atomic mass is 79.9. The quantitative estimate of drug-likeness (QED) is 0.793. The van der Waals surface area contributed by atoms with Crippen molar-refractivity contribution in [2.45, 2.75) is 18.9 Å². The Balaban J connectivity index is 1.93. The van der Waals surface area contributed by atoms with E-state index < -0.39 is 17.3 Å². The van der Waals surface area contributed by atoms with Crippen LogP contribution >= 0.6 is 15.9 Å². The van der Waals surface area contributed by atoms with Crippen molar-refractivity contribution in [1.29, 1.82) is 0 Å². The minimum atomic E-state index is -1.16. The molecule has 1 aromatic carbocycles. The molecule has 0 spiro atoms. The molecule has 2 aromatic rings. The molecule has 0 saturated heterocycles. The van der Waals surface area contributed by atoms with Crippen LogP contribution in [0.15, 0.2) is 44.4 Å². The van der Waals surface area contributed by atoms with Crippen LogP contribution < -0.4 is 11.1 Å². The maximum Gasteiger partial charge on any atom is 0.291 e. The average Bonchev–Trinajstić information content (AvgIpc) is 3.01. The Hall–Kier alpha value is -2.68. The van der Waals surface area contributed by atoms with Crippen LogP contribution in [0.3, 0.4) is 0 Å². The van der Waals surface area contributed by atoms with Crippen LogP contribution in [-0.4, -0.2) is 29.7 Å². The second-order valence-electron chi connectivity index (χ2n) is 6.13. The van der Waals surface area contributed by atoms with E-state index in [1.54, 1.807) is 13.0 Å². The van der Waals surface area contributed by atoms with E-state index in [2.05, 4.69) is 26.2 Å². The summed E-state index contributed by atoms with van der Waals surface area (Å²) in [5.41, 5.74) is 5.13. The SMILES string of the molecule is CN1C(=O)CC(C)(c2cc(NC(=O)c3ccc(Br)o3)ccc2F)N=C1N. The number of carbonyl (C=O) groups excluding carboxylic acids is 2. The third kappa shape index (κ3) is 3.34. The van der Waals surface area contributed by atoms with E-state index in [1.165, 1.54) is 36.2 Å². The number of amides is 2. The summed E-state index contributed by atoms with van der Waals surface area (Å²) in [4.78, 5) is 29.8. The smallest absolute Gasteiger partial charge is 0.291 e. The molecule has 1 unspecified atom stereocenters. The predicted octanol–water partition coefficient (Wildman–Crippen LogP) is 2.83. The van der Waals surface area contributed by atoms with E-state index >= 15 is 0 Å². The van der Waals surface area contributed by atoms with Crippen molar-refractivity contribution in [3.05, 3.63) is 52.1 Å². The highest BCUT2D eigenvalue weighted by Crippen LogP contribution is 2.35. The van der Waals surface area contributed by atoms with Gasteiger partial charge in [-0.1, -0.05) is 0 Å². The molecular formula is C17H16BrFN4O3. The van der Waals surface area contributed by atoms with Crippen molar-refractivity contribution >= 4 is 39.4 Å². The molecule has 2 heterocycles. The third-order valence-corrected chi connectivity index (χ3v) is 4.60. The van der Waals surface area contributed by atoms with Gasteiger partial charge in [0, 0.05) is 18.3 Å². The highest BCUT2D eigenvalue weighted by Gasteiger charge is 2.38. The number of nitrogens with one attached hydrogen (secondary N) is 1. The van der Waals surface area contributed by atoms with Crippen LogP contribution in [0, 0.1) is 5.82 Å². The summed E-state index contributed by atoms with van der Waals surface area (Å²) in [6, 6.07) is 7.17. The summed E-state index contributed by atoms with van der Waals surface area (Å²) in [5, 5.41) is 2.63. The van der Waals surface area contributed by atoms with Gasteiger partial charge in [0.15, 0.2) is 16.4 Å². The van der Waals surface area contributed by atoms with E-state index in [0.29, 0.717) is 10.4 Å². The fourth-order valence-corrected chi connectivity index (χ4v) is 3.01. The lowest BCUT2D eigenvalue weighted by atomic mass is 9.87. The van der Waals surface area contributed by atoms with Gasteiger partial charge in [-0.15, -0.1) is 0 Å². The summed E-state index contributed by atoms with van der Waals surface area (Å²) in [5.74, 6) is -1.18. The fourth-order valence-electron chi connectivity index (χ4n) is 2.71. The molecule has 2 amide bonds. The number of carbonyl (C=O) groups is 2. The van der Waals surface area contributed by atoms with Crippen LogP contribution in [0.5, 0.6) is 0 Å². The number of halogens is 2. The summed E-state index contributed by atoms with van der Waals surface area (Å²) in [6.45, 7) is 1.62. The summed E-state index contributed by atoms with van der Waals surface area (Å²) >= 11 is 3.12. The van der Waals surface area contributed by atoms with Crippen LogP contribution in [-0.2, 0) is 10.3 Å². The maximum atomic E-state index is 14.4. The fraction of sp³-hybridized carbons (Fsp3) is 0.235. The van der Waals surface area contributed by atoms with Gasteiger partial charge in [0.1, 0.15) is 5.82 Å². The molecule has 0 radical (unpaired) electrons. The Morgan fingerprint density at radius 1 is 1.42 bits per heavy atom. The summed E-state index contributed by atoms with van der Waals surface area (Å²) < 4.78 is 20.1. The Kier molecular flexibility index (Phi) is 4.57. The van der Waals surface area contributed by atoms with Crippen molar-refractivity contribution in [3.63, 3.8) is 0 Å². The zero-order valence-corrected chi connectivity index (χ0v) is 15.6. The number of guanidine groups is 1. The predicted molar refractivity (Wildman–Crippen MR) is 97.1 cm³/mol. The molecule has 1 atom stereocenters. The minimum absolute atomic E-state index is 0.0121. The maximum absolute atomic E-state index is 14.4. The minimum Gasteiger partial charge on any atom is -0.444 e. The van der Waals surface area contributed by atoms with Crippen LogP contribution in [0.25, 0.3) is 0 Å². The van der Waals surface area contributed by atoms with Gasteiger partial charge < -0.3 is 15.5 Å². The van der Waals surface area contributed by atoms with Crippen molar-refractivity contribution in [2.75, 3.05) is 12.4 Å². The highest BCUT2D eigenvalue weighted by molar-refractivity contribution is 9.10. The number of aliphatic imine (C=N–C) groups is 1. The molecule has 26 heavy (non-hydrogen) atoms. The zero-order valence-electron chi connectivity index (χ0n) is 14.0. The molecular weight excluding hydrogens is 407 g/mol. The lowest BCUT2D eigenvalue weighted by Crippen LogP contribution is -2.47. The molecule has 0 fully saturated rings. The van der Waals surface area contributed by atoms with Crippen molar-refractivity contribution < 1.29 is 18.4 Å². The Morgan fingerprint density at radius 3 is 2.77 bits per heavy atom. The average molecular weight is 423 g/mol. The number of anilines is 1. The van der Waals surface area contributed by atoms with Gasteiger partial charge >= 0.3 is 0 Å². The lowest BCUT2D eigenvalue weighted by molar-refractivity contribution is -0.128. The van der Waals surface area contributed by atoms with Crippen molar-refractivity contribution in [2.24, 2.45) is 10.7 Å². The molecule has 7 nitrogen and oxygen atoms in total. The van der Waals surface area contributed by atoms with Gasteiger partial charge in [0.25, 0.3) is 5.91 Å². The van der Waals surface area contributed by atoms with Gasteiger partial charge in [-0.25, -0.2) is 9.38 Å². The topological polar surface area (TPSA) is 101 Å². The number of benzene rings is 1. The monoisotopic (exact) mass is 422 g/mol. The standard InChI is InChI=1S/C17H16BrFN4O3/c1-17(8-14(24)23(2)16(20)22-17)10-7-9(3-4-11(10)19)21-15(25)12-5-6-13(18)26-12/h3-7H,8H2,1-2H3,(H2,20,22)(H,21,25). The molecule has 1 aliphatic heterocycles.